The molecule has 6 nitrogen and oxygen atoms in total. The minimum absolute atomic E-state index is 0.148. The quantitative estimate of drug-likeness (QED) is 0.421. The van der Waals surface area contributed by atoms with E-state index in [1.807, 2.05) is 36.7 Å². The van der Waals surface area contributed by atoms with Crippen molar-refractivity contribution in [3.63, 3.8) is 0 Å². The van der Waals surface area contributed by atoms with Crippen molar-refractivity contribution in [2.45, 2.75) is 40.1 Å². The van der Waals surface area contributed by atoms with Crippen LogP contribution in [0.25, 0.3) is 0 Å². The van der Waals surface area contributed by atoms with E-state index in [9.17, 15) is 8.78 Å². The molecule has 0 unspecified atom stereocenters. The first-order valence-corrected chi connectivity index (χ1v) is 10.0. The van der Waals surface area contributed by atoms with E-state index in [1.165, 1.54) is 11.6 Å². The fraction of sp³-hybridized carbons (Fsp3) is 0.304. The molecule has 0 atom stereocenters. The molecular weight excluding hydrogens is 400 g/mol. The van der Waals surface area contributed by atoms with Crippen LogP contribution in [0.5, 0.6) is 5.75 Å². The molecule has 0 amide bonds. The van der Waals surface area contributed by atoms with Crippen molar-refractivity contribution in [1.29, 1.82) is 0 Å². The van der Waals surface area contributed by atoms with E-state index in [0.29, 0.717) is 31.2 Å². The molecule has 0 saturated carbocycles. The zero-order valence-corrected chi connectivity index (χ0v) is 17.9. The van der Waals surface area contributed by atoms with Crippen LogP contribution in [-0.2, 0) is 19.6 Å². The summed E-state index contributed by atoms with van der Waals surface area (Å²) in [6.45, 7) is 2.72. The van der Waals surface area contributed by atoms with Gasteiger partial charge in [0.05, 0.1) is 12.2 Å². The van der Waals surface area contributed by atoms with Gasteiger partial charge in [0.1, 0.15) is 5.75 Å². The van der Waals surface area contributed by atoms with Gasteiger partial charge in [-0.05, 0) is 25.5 Å². The number of aromatic nitrogens is 2. The zero-order chi connectivity index (χ0) is 22.2. The Morgan fingerprint density at radius 1 is 1.03 bits per heavy atom. The molecule has 0 radical (unpaired) electrons. The number of guanidine groups is 1. The van der Waals surface area contributed by atoms with E-state index in [2.05, 4.69) is 37.6 Å². The molecule has 8 heteroatoms. The van der Waals surface area contributed by atoms with Gasteiger partial charge < -0.3 is 15.4 Å². The maximum absolute atomic E-state index is 12.6. The van der Waals surface area contributed by atoms with Crippen molar-refractivity contribution in [2.75, 3.05) is 7.05 Å². The third kappa shape index (κ3) is 6.04. The van der Waals surface area contributed by atoms with E-state index in [1.54, 1.807) is 25.2 Å². The Morgan fingerprint density at radius 2 is 1.71 bits per heavy atom. The van der Waals surface area contributed by atoms with Crippen LogP contribution in [0.3, 0.4) is 0 Å². The second kappa shape index (κ2) is 10.6. The molecule has 2 aromatic carbocycles. The molecule has 0 spiro atoms. The highest BCUT2D eigenvalue weighted by Gasteiger charge is 2.13. The number of aliphatic imine (C=N–C) groups is 1. The summed E-state index contributed by atoms with van der Waals surface area (Å²) >= 11 is 0. The van der Waals surface area contributed by atoms with Gasteiger partial charge in [0, 0.05) is 37.0 Å². The Bertz CT molecular complexity index is 1020. The molecule has 0 aliphatic heterocycles. The van der Waals surface area contributed by atoms with Gasteiger partial charge in [-0.25, -0.2) is 0 Å². The number of nitrogens with zero attached hydrogens (tertiary/aromatic N) is 3. The molecule has 0 bridgehead atoms. The molecule has 1 heterocycles. The molecular formula is C23H27F2N5O. The molecule has 1 aromatic heterocycles. The van der Waals surface area contributed by atoms with Crippen molar-refractivity contribution in [2.24, 2.45) is 4.99 Å². The predicted octanol–water partition coefficient (Wildman–Crippen LogP) is 4.01. The summed E-state index contributed by atoms with van der Waals surface area (Å²) in [7, 11) is 1.66. The Hall–Kier alpha value is -3.42. The molecule has 2 N–H and O–H groups in total. The zero-order valence-electron chi connectivity index (χ0n) is 17.9. The van der Waals surface area contributed by atoms with Gasteiger partial charge in [0.25, 0.3) is 0 Å². The number of para-hydroxylation sites is 1. The number of halogens is 2. The van der Waals surface area contributed by atoms with E-state index >= 15 is 0 Å². The van der Waals surface area contributed by atoms with Crippen LogP contribution in [0, 0.1) is 13.8 Å². The highest BCUT2D eigenvalue weighted by atomic mass is 19.3. The predicted molar refractivity (Wildman–Crippen MR) is 117 cm³/mol. The molecule has 0 saturated heterocycles. The summed E-state index contributed by atoms with van der Waals surface area (Å²) in [5.41, 5.74) is 4.94. The van der Waals surface area contributed by atoms with E-state index in [0.717, 1.165) is 17.0 Å². The Morgan fingerprint density at radius 3 is 2.42 bits per heavy atom. The smallest absolute Gasteiger partial charge is 0.387 e. The molecule has 164 valence electrons. The number of nitrogens with one attached hydrogen (secondary N) is 2. The summed E-state index contributed by atoms with van der Waals surface area (Å²) < 4.78 is 31.8. The SMILES string of the molecule is CN=C(NCc1ccccc1OC(F)F)NCc1c(C)nn(Cc2ccccc2)c1C. The summed E-state index contributed by atoms with van der Waals surface area (Å²) in [6, 6.07) is 16.9. The van der Waals surface area contributed by atoms with Gasteiger partial charge >= 0.3 is 6.61 Å². The maximum Gasteiger partial charge on any atom is 0.387 e. The standard InChI is InChI=1S/C23H27F2N5O/c1-16-20(17(2)30(29-16)15-18-9-5-4-6-10-18)14-28-23(26-3)27-13-19-11-7-8-12-21(19)31-22(24)25/h4-12,22H,13-15H2,1-3H3,(H2,26,27,28). The number of aryl methyl sites for hydroxylation is 1. The summed E-state index contributed by atoms with van der Waals surface area (Å²) in [5, 5.41) is 11.1. The molecule has 0 fully saturated rings. The average molecular weight is 427 g/mol. The fourth-order valence-corrected chi connectivity index (χ4v) is 3.33. The maximum atomic E-state index is 12.6. The van der Waals surface area contributed by atoms with Gasteiger partial charge in [-0.3, -0.25) is 9.67 Å². The van der Waals surface area contributed by atoms with Crippen molar-refractivity contribution in [1.82, 2.24) is 20.4 Å². The second-order valence-corrected chi connectivity index (χ2v) is 7.06. The van der Waals surface area contributed by atoms with Crippen LogP contribution in [0.1, 0.15) is 28.1 Å². The van der Waals surface area contributed by atoms with Gasteiger partial charge in [-0.1, -0.05) is 48.5 Å². The molecule has 3 rings (SSSR count). The highest BCUT2D eigenvalue weighted by Crippen LogP contribution is 2.20. The third-order valence-electron chi connectivity index (χ3n) is 5.00. The normalized spacial score (nSPS) is 11.6. The van der Waals surface area contributed by atoms with Crippen molar-refractivity contribution >= 4 is 5.96 Å². The third-order valence-corrected chi connectivity index (χ3v) is 5.00. The second-order valence-electron chi connectivity index (χ2n) is 7.06. The molecule has 31 heavy (non-hydrogen) atoms. The first-order chi connectivity index (χ1) is 15.0. The summed E-state index contributed by atoms with van der Waals surface area (Å²) in [4.78, 5) is 4.22. The van der Waals surface area contributed by atoms with E-state index in [4.69, 9.17) is 0 Å². The van der Waals surface area contributed by atoms with Gasteiger partial charge in [-0.2, -0.15) is 13.9 Å². The van der Waals surface area contributed by atoms with E-state index in [-0.39, 0.29) is 5.75 Å². The van der Waals surface area contributed by atoms with Crippen LogP contribution in [0.15, 0.2) is 59.6 Å². The number of benzene rings is 2. The first-order valence-electron chi connectivity index (χ1n) is 10.0. The summed E-state index contributed by atoms with van der Waals surface area (Å²) in [5.74, 6) is 0.704. The van der Waals surface area contributed by atoms with Gasteiger partial charge in [0.2, 0.25) is 0 Å². The van der Waals surface area contributed by atoms with Gasteiger partial charge in [-0.15, -0.1) is 0 Å². The first kappa shape index (κ1) is 22.3. The van der Waals surface area contributed by atoms with Crippen LogP contribution < -0.4 is 15.4 Å². The molecule has 0 aliphatic carbocycles. The van der Waals surface area contributed by atoms with Gasteiger partial charge in [0.15, 0.2) is 5.96 Å². The lowest BCUT2D eigenvalue weighted by Gasteiger charge is -2.14. The van der Waals surface area contributed by atoms with Crippen molar-refractivity contribution in [3.05, 3.63) is 82.7 Å². The number of hydrogen-bond donors (Lipinski definition) is 2. The monoisotopic (exact) mass is 427 g/mol. The van der Waals surface area contributed by atoms with Crippen LogP contribution >= 0.6 is 0 Å². The lowest BCUT2D eigenvalue weighted by atomic mass is 10.2. The molecule has 3 aromatic rings. The van der Waals surface area contributed by atoms with E-state index < -0.39 is 6.61 Å². The van der Waals surface area contributed by atoms with Crippen molar-refractivity contribution < 1.29 is 13.5 Å². The highest BCUT2D eigenvalue weighted by molar-refractivity contribution is 5.79. The minimum Gasteiger partial charge on any atom is -0.434 e. The minimum atomic E-state index is -2.86. The number of hydrogen-bond acceptors (Lipinski definition) is 3. The number of rotatable bonds is 8. The number of alkyl halides is 2. The Balaban J connectivity index is 1.61. The Kier molecular flexibility index (Phi) is 7.59. The largest absolute Gasteiger partial charge is 0.434 e. The van der Waals surface area contributed by atoms with Crippen molar-refractivity contribution in [3.8, 4) is 5.75 Å². The number of ether oxygens (including phenoxy) is 1. The average Bonchev–Trinajstić information content (AvgIpc) is 3.02. The van der Waals surface area contributed by atoms with Crippen LogP contribution in [-0.4, -0.2) is 29.4 Å². The van der Waals surface area contributed by atoms with Crippen LogP contribution in [0.2, 0.25) is 0 Å². The molecule has 0 aliphatic rings. The fourth-order valence-electron chi connectivity index (χ4n) is 3.33. The lowest BCUT2D eigenvalue weighted by Crippen LogP contribution is -2.36. The van der Waals surface area contributed by atoms with Crippen LogP contribution in [0.4, 0.5) is 8.78 Å². The Labute approximate surface area is 181 Å². The lowest BCUT2D eigenvalue weighted by molar-refractivity contribution is -0.0504. The topological polar surface area (TPSA) is 63.5 Å². The summed E-state index contributed by atoms with van der Waals surface area (Å²) in [6.07, 6.45) is 0.